The van der Waals surface area contributed by atoms with E-state index in [-0.39, 0.29) is 13.2 Å². The zero-order valence-corrected chi connectivity index (χ0v) is 8.85. The van der Waals surface area contributed by atoms with Gasteiger partial charge >= 0.3 is 0 Å². The minimum atomic E-state index is -0.546. The van der Waals surface area contributed by atoms with Gasteiger partial charge in [0.1, 0.15) is 0 Å². The molecule has 1 unspecified atom stereocenters. The van der Waals surface area contributed by atoms with Crippen molar-refractivity contribution in [2.75, 3.05) is 6.79 Å². The molecule has 4 heteroatoms. The number of aliphatic hydroxyl groups is 1. The van der Waals surface area contributed by atoms with Crippen LogP contribution in [0.2, 0.25) is 0 Å². The maximum absolute atomic E-state index is 9.43. The highest BCUT2D eigenvalue weighted by molar-refractivity contribution is 5.44. The third-order valence-electron chi connectivity index (χ3n) is 2.53. The molecule has 0 saturated heterocycles. The molecule has 1 N–H and O–H groups in total. The molecular weight excluding hydrogens is 206 g/mol. The third kappa shape index (κ3) is 2.44. The number of fused-ring (bicyclic) bond motifs is 1. The van der Waals surface area contributed by atoms with Crippen molar-refractivity contribution in [1.82, 2.24) is 0 Å². The summed E-state index contributed by atoms with van der Waals surface area (Å²) in [7, 11) is 0. The van der Waals surface area contributed by atoms with Gasteiger partial charge in [0.25, 0.3) is 0 Å². The first-order valence-corrected chi connectivity index (χ1v) is 5.23. The molecule has 0 fully saturated rings. The van der Waals surface area contributed by atoms with Gasteiger partial charge in [0.05, 0.1) is 18.6 Å². The Labute approximate surface area is 94.0 Å². The highest BCUT2D eigenvalue weighted by Crippen LogP contribution is 2.32. The van der Waals surface area contributed by atoms with E-state index in [1.54, 1.807) is 0 Å². The molecule has 0 spiro atoms. The van der Waals surface area contributed by atoms with E-state index in [4.69, 9.17) is 14.7 Å². The lowest BCUT2D eigenvalue weighted by atomic mass is 10.0. The fourth-order valence-corrected chi connectivity index (χ4v) is 1.64. The average Bonchev–Trinajstić information content (AvgIpc) is 2.74. The minimum Gasteiger partial charge on any atom is -0.454 e. The lowest BCUT2D eigenvalue weighted by Crippen LogP contribution is -2.06. The second-order valence-corrected chi connectivity index (χ2v) is 3.74. The summed E-state index contributed by atoms with van der Waals surface area (Å²) >= 11 is 0. The van der Waals surface area contributed by atoms with Crippen molar-refractivity contribution in [1.29, 1.82) is 5.26 Å². The number of nitrogens with zero attached hydrogens (tertiary/aromatic N) is 1. The average molecular weight is 219 g/mol. The number of ether oxygens (including phenoxy) is 2. The van der Waals surface area contributed by atoms with Gasteiger partial charge < -0.3 is 14.6 Å². The first-order valence-electron chi connectivity index (χ1n) is 5.23. The summed E-state index contributed by atoms with van der Waals surface area (Å²) in [6, 6.07) is 7.69. The molecule has 1 aliphatic heterocycles. The predicted molar refractivity (Wildman–Crippen MR) is 57.1 cm³/mol. The Morgan fingerprint density at radius 1 is 1.38 bits per heavy atom. The normalized spacial score (nSPS) is 14.5. The molecule has 2 rings (SSSR count). The first kappa shape index (κ1) is 10.8. The van der Waals surface area contributed by atoms with Crippen LogP contribution in [0, 0.1) is 11.3 Å². The van der Waals surface area contributed by atoms with Gasteiger partial charge in [0.15, 0.2) is 11.5 Å². The van der Waals surface area contributed by atoms with Crippen LogP contribution >= 0.6 is 0 Å². The Bertz CT molecular complexity index is 411. The van der Waals surface area contributed by atoms with Gasteiger partial charge in [-0.2, -0.15) is 5.26 Å². The number of aliphatic hydroxyl groups excluding tert-OH is 1. The Morgan fingerprint density at radius 3 is 3.00 bits per heavy atom. The fourth-order valence-electron chi connectivity index (χ4n) is 1.64. The van der Waals surface area contributed by atoms with E-state index in [2.05, 4.69) is 0 Å². The highest BCUT2D eigenvalue weighted by Gasteiger charge is 2.13. The molecule has 0 bridgehead atoms. The Hall–Kier alpha value is -1.73. The summed E-state index contributed by atoms with van der Waals surface area (Å²) in [4.78, 5) is 0. The zero-order chi connectivity index (χ0) is 11.4. The van der Waals surface area contributed by atoms with Gasteiger partial charge in [0.2, 0.25) is 6.79 Å². The molecule has 0 aliphatic carbocycles. The van der Waals surface area contributed by atoms with E-state index in [1.165, 1.54) is 0 Å². The first-order chi connectivity index (χ1) is 7.79. The van der Waals surface area contributed by atoms with E-state index < -0.39 is 6.10 Å². The molecule has 84 valence electrons. The van der Waals surface area contributed by atoms with Crippen LogP contribution in [-0.2, 0) is 6.42 Å². The molecule has 1 heterocycles. The van der Waals surface area contributed by atoms with Crippen LogP contribution in [0.25, 0.3) is 0 Å². The van der Waals surface area contributed by atoms with Gasteiger partial charge in [-0.25, -0.2) is 0 Å². The van der Waals surface area contributed by atoms with Crippen LogP contribution in [0.15, 0.2) is 18.2 Å². The van der Waals surface area contributed by atoms with Crippen molar-refractivity contribution in [3.63, 3.8) is 0 Å². The van der Waals surface area contributed by atoms with Crippen LogP contribution in [0.4, 0.5) is 0 Å². The van der Waals surface area contributed by atoms with E-state index in [9.17, 15) is 5.11 Å². The second-order valence-electron chi connectivity index (χ2n) is 3.74. The van der Waals surface area contributed by atoms with Crippen LogP contribution < -0.4 is 9.47 Å². The lowest BCUT2D eigenvalue weighted by Gasteiger charge is -2.06. The van der Waals surface area contributed by atoms with Crippen LogP contribution in [0.1, 0.15) is 18.4 Å². The Morgan fingerprint density at radius 2 is 2.19 bits per heavy atom. The van der Waals surface area contributed by atoms with Crippen molar-refractivity contribution in [2.24, 2.45) is 0 Å². The van der Waals surface area contributed by atoms with Crippen molar-refractivity contribution < 1.29 is 14.6 Å². The second kappa shape index (κ2) is 4.86. The number of hydrogen-bond acceptors (Lipinski definition) is 4. The molecule has 4 nitrogen and oxygen atoms in total. The minimum absolute atomic E-state index is 0.185. The third-order valence-corrected chi connectivity index (χ3v) is 2.53. The molecule has 1 aromatic rings. The number of aryl methyl sites for hydroxylation is 1. The van der Waals surface area contributed by atoms with Crippen LogP contribution in [0.5, 0.6) is 11.5 Å². The molecule has 1 aliphatic rings. The molecule has 16 heavy (non-hydrogen) atoms. The molecule has 0 amide bonds. The Balaban J connectivity index is 1.93. The summed E-state index contributed by atoms with van der Waals surface area (Å²) in [5, 5.41) is 17.8. The standard InChI is InChI=1S/C12H13NO3/c13-6-5-10(14)3-1-9-2-4-11-12(7-9)16-8-15-11/h2,4,7,10,14H,1,3,5,8H2. The summed E-state index contributed by atoms with van der Waals surface area (Å²) in [6.07, 6.45) is 0.965. The van der Waals surface area contributed by atoms with E-state index >= 15 is 0 Å². The van der Waals surface area contributed by atoms with Gasteiger partial charge in [-0.15, -0.1) is 0 Å². The van der Waals surface area contributed by atoms with E-state index in [0.717, 1.165) is 23.5 Å². The fraction of sp³-hybridized carbons (Fsp3) is 0.417. The molecule has 0 aromatic heterocycles. The predicted octanol–water partition coefficient (Wildman–Crippen LogP) is 1.62. The molecule has 0 radical (unpaired) electrons. The summed E-state index contributed by atoms with van der Waals surface area (Å²) in [5.41, 5.74) is 1.08. The topological polar surface area (TPSA) is 62.5 Å². The molecule has 1 atom stereocenters. The maximum atomic E-state index is 9.43. The summed E-state index contributed by atoms with van der Waals surface area (Å²) in [6.45, 7) is 0.274. The summed E-state index contributed by atoms with van der Waals surface area (Å²) in [5.74, 6) is 1.52. The lowest BCUT2D eigenvalue weighted by molar-refractivity contribution is 0.169. The maximum Gasteiger partial charge on any atom is 0.231 e. The Kier molecular flexibility index (Phi) is 3.28. The highest BCUT2D eigenvalue weighted by atomic mass is 16.7. The number of benzene rings is 1. The SMILES string of the molecule is N#CCC(O)CCc1ccc2c(c1)OCO2. The van der Waals surface area contributed by atoms with Gasteiger partial charge in [-0.05, 0) is 30.5 Å². The monoisotopic (exact) mass is 219 g/mol. The largest absolute Gasteiger partial charge is 0.454 e. The summed E-state index contributed by atoms with van der Waals surface area (Å²) < 4.78 is 10.5. The van der Waals surface area contributed by atoms with Crippen molar-refractivity contribution in [2.45, 2.75) is 25.4 Å². The van der Waals surface area contributed by atoms with Crippen molar-refractivity contribution in [3.05, 3.63) is 23.8 Å². The van der Waals surface area contributed by atoms with Crippen LogP contribution in [0.3, 0.4) is 0 Å². The van der Waals surface area contributed by atoms with Crippen molar-refractivity contribution >= 4 is 0 Å². The smallest absolute Gasteiger partial charge is 0.231 e. The molecule has 1 aromatic carbocycles. The van der Waals surface area contributed by atoms with Gasteiger partial charge in [-0.3, -0.25) is 0 Å². The number of rotatable bonds is 4. The van der Waals surface area contributed by atoms with Crippen LogP contribution in [-0.4, -0.2) is 18.0 Å². The van der Waals surface area contributed by atoms with E-state index in [0.29, 0.717) is 6.42 Å². The quantitative estimate of drug-likeness (QED) is 0.835. The van der Waals surface area contributed by atoms with Gasteiger partial charge in [0, 0.05) is 0 Å². The van der Waals surface area contributed by atoms with Crippen molar-refractivity contribution in [3.8, 4) is 17.6 Å². The molecule has 0 saturated carbocycles. The number of hydrogen-bond donors (Lipinski definition) is 1. The van der Waals surface area contributed by atoms with E-state index in [1.807, 2.05) is 24.3 Å². The van der Waals surface area contributed by atoms with Gasteiger partial charge in [-0.1, -0.05) is 6.07 Å². The zero-order valence-electron chi connectivity index (χ0n) is 8.85. The number of nitriles is 1. The molecular formula is C12H13NO3.